The van der Waals surface area contributed by atoms with Crippen molar-refractivity contribution in [3.8, 4) is 5.69 Å². The topological polar surface area (TPSA) is 106 Å². The number of carbonyl (C=O) groups is 2. The molecule has 31 heavy (non-hydrogen) atoms. The minimum atomic E-state index is -0.867. The molecule has 1 amide bonds. The van der Waals surface area contributed by atoms with Crippen LogP contribution < -0.4 is 10.7 Å². The number of amides is 1. The molecule has 9 heteroatoms. The number of anilines is 1. The number of aromatic amines is 1. The van der Waals surface area contributed by atoms with Gasteiger partial charge in [0.1, 0.15) is 11.4 Å². The molecule has 1 spiro atoms. The summed E-state index contributed by atoms with van der Waals surface area (Å²) in [6.07, 6.45) is 5.12. The summed E-state index contributed by atoms with van der Waals surface area (Å²) in [6, 6.07) is 8.86. The van der Waals surface area contributed by atoms with E-state index in [1.54, 1.807) is 29.1 Å². The zero-order valence-electron chi connectivity index (χ0n) is 16.4. The summed E-state index contributed by atoms with van der Waals surface area (Å²) in [5.74, 6) is -0.966. The first-order chi connectivity index (χ1) is 14.9. The number of benzene rings is 1. The molecular weight excluding hydrogens is 403 g/mol. The summed E-state index contributed by atoms with van der Waals surface area (Å²) in [7, 11) is 0. The maximum atomic E-state index is 13.1. The number of hydrogen-bond acceptors (Lipinski definition) is 5. The molecule has 0 atom stereocenters. The Bertz CT molecular complexity index is 1220. The Morgan fingerprint density at radius 3 is 2.65 bits per heavy atom. The third kappa shape index (κ3) is 3.31. The van der Waals surface area contributed by atoms with Gasteiger partial charge in [0, 0.05) is 30.4 Å². The molecule has 158 valence electrons. The highest BCUT2D eigenvalue weighted by Crippen LogP contribution is 2.46. The Morgan fingerprint density at radius 1 is 1.16 bits per heavy atom. The average molecular weight is 422 g/mol. The van der Waals surface area contributed by atoms with Crippen molar-refractivity contribution in [3.05, 3.63) is 76.1 Å². The first-order valence-electron chi connectivity index (χ1n) is 10.0. The SMILES string of the molecule is O=C1OC2(CCC(C(=O)Nc3ccn(-c4ccc(F)cc4)n3)CC2)c2[nH]ccc(=O)c21. The highest BCUT2D eigenvalue weighted by atomic mass is 19.1. The highest BCUT2D eigenvalue weighted by molar-refractivity contribution is 5.94. The minimum absolute atomic E-state index is 0.0664. The summed E-state index contributed by atoms with van der Waals surface area (Å²) in [4.78, 5) is 40.0. The molecule has 2 N–H and O–H groups in total. The Labute approximate surface area is 176 Å². The summed E-state index contributed by atoms with van der Waals surface area (Å²) in [6.45, 7) is 0. The fourth-order valence-corrected chi connectivity index (χ4v) is 4.38. The summed E-state index contributed by atoms with van der Waals surface area (Å²) in [5, 5.41) is 7.14. The molecule has 3 heterocycles. The number of fused-ring (bicyclic) bond motifs is 2. The lowest BCUT2D eigenvalue weighted by molar-refractivity contribution is -0.123. The van der Waals surface area contributed by atoms with Gasteiger partial charge in [-0.05, 0) is 49.9 Å². The zero-order valence-corrected chi connectivity index (χ0v) is 16.4. The second-order valence-electron chi connectivity index (χ2n) is 7.86. The molecule has 1 aromatic carbocycles. The monoisotopic (exact) mass is 422 g/mol. The van der Waals surface area contributed by atoms with E-state index in [0.717, 1.165) is 0 Å². The van der Waals surface area contributed by atoms with Gasteiger partial charge in [0.25, 0.3) is 0 Å². The van der Waals surface area contributed by atoms with Gasteiger partial charge < -0.3 is 15.0 Å². The predicted molar refractivity (Wildman–Crippen MR) is 108 cm³/mol. The summed E-state index contributed by atoms with van der Waals surface area (Å²) >= 11 is 0. The van der Waals surface area contributed by atoms with Gasteiger partial charge in [-0.2, -0.15) is 5.10 Å². The smallest absolute Gasteiger partial charge is 0.345 e. The van der Waals surface area contributed by atoms with Gasteiger partial charge in [0.05, 0.1) is 11.4 Å². The second-order valence-corrected chi connectivity index (χ2v) is 7.86. The van der Waals surface area contributed by atoms with Gasteiger partial charge >= 0.3 is 5.97 Å². The number of nitrogens with one attached hydrogen (secondary N) is 2. The van der Waals surface area contributed by atoms with Crippen molar-refractivity contribution < 1.29 is 18.7 Å². The van der Waals surface area contributed by atoms with E-state index in [0.29, 0.717) is 42.9 Å². The molecule has 1 fully saturated rings. The van der Waals surface area contributed by atoms with E-state index in [9.17, 15) is 18.8 Å². The number of pyridine rings is 1. The predicted octanol–water partition coefficient (Wildman–Crippen LogP) is 2.89. The minimum Gasteiger partial charge on any atom is -0.449 e. The number of rotatable bonds is 3. The van der Waals surface area contributed by atoms with Crippen molar-refractivity contribution >= 4 is 17.7 Å². The molecule has 1 aliphatic heterocycles. The van der Waals surface area contributed by atoms with Crippen molar-refractivity contribution in [1.82, 2.24) is 14.8 Å². The van der Waals surface area contributed by atoms with E-state index in [1.165, 1.54) is 24.4 Å². The number of esters is 1. The largest absolute Gasteiger partial charge is 0.449 e. The molecule has 8 nitrogen and oxygen atoms in total. The van der Waals surface area contributed by atoms with E-state index in [2.05, 4.69) is 15.4 Å². The molecule has 0 unspecified atom stereocenters. The van der Waals surface area contributed by atoms with Crippen LogP contribution in [-0.2, 0) is 15.1 Å². The van der Waals surface area contributed by atoms with Crippen LogP contribution in [0.25, 0.3) is 5.69 Å². The van der Waals surface area contributed by atoms with Crippen LogP contribution in [0.4, 0.5) is 10.2 Å². The van der Waals surface area contributed by atoms with Gasteiger partial charge in [-0.15, -0.1) is 0 Å². The van der Waals surface area contributed by atoms with Crippen LogP contribution >= 0.6 is 0 Å². The van der Waals surface area contributed by atoms with Crippen molar-refractivity contribution in [3.63, 3.8) is 0 Å². The van der Waals surface area contributed by atoms with E-state index in [-0.39, 0.29) is 28.6 Å². The van der Waals surface area contributed by atoms with E-state index in [1.807, 2.05) is 0 Å². The number of nitrogens with zero attached hydrogens (tertiary/aromatic N) is 2. The van der Waals surface area contributed by atoms with Crippen molar-refractivity contribution in [1.29, 1.82) is 0 Å². The first kappa shape index (κ1) is 19.2. The number of halogens is 1. The fourth-order valence-electron chi connectivity index (χ4n) is 4.38. The van der Waals surface area contributed by atoms with Crippen LogP contribution in [0, 0.1) is 11.7 Å². The first-order valence-corrected chi connectivity index (χ1v) is 10.0. The van der Waals surface area contributed by atoms with Gasteiger partial charge in [0.2, 0.25) is 5.91 Å². The Hall–Kier alpha value is -3.75. The average Bonchev–Trinajstić information content (AvgIpc) is 3.33. The molecule has 1 saturated carbocycles. The molecule has 2 aromatic heterocycles. The molecular formula is C22H19FN4O4. The summed E-state index contributed by atoms with van der Waals surface area (Å²) in [5.41, 5.74) is 0.0383. The number of ether oxygens (including phenoxy) is 1. The maximum Gasteiger partial charge on any atom is 0.345 e. The van der Waals surface area contributed by atoms with Gasteiger partial charge in [0.15, 0.2) is 16.8 Å². The van der Waals surface area contributed by atoms with Gasteiger partial charge in [-0.25, -0.2) is 13.9 Å². The lowest BCUT2D eigenvalue weighted by atomic mass is 9.76. The number of aromatic nitrogens is 3. The van der Waals surface area contributed by atoms with Crippen LogP contribution in [0.3, 0.4) is 0 Å². The third-order valence-corrected chi connectivity index (χ3v) is 6.00. The standard InChI is InChI=1S/C22H19FN4O4/c23-14-1-3-15(4-2-14)27-12-8-17(26-27)25-20(29)13-5-9-22(10-6-13)19-18(21(30)31-22)16(28)7-11-24-19/h1-4,7-8,11-13H,5-6,9-10H2,(H,24,28)(H,25,26,29). The van der Waals surface area contributed by atoms with Gasteiger partial charge in [-0.3, -0.25) is 9.59 Å². The number of carbonyl (C=O) groups excluding carboxylic acids is 2. The number of H-pyrrole nitrogens is 1. The van der Waals surface area contributed by atoms with Gasteiger partial charge in [-0.1, -0.05) is 0 Å². The Balaban J connectivity index is 1.26. The van der Waals surface area contributed by atoms with Crippen LogP contribution in [0.15, 0.2) is 53.6 Å². The van der Waals surface area contributed by atoms with Crippen LogP contribution in [0.5, 0.6) is 0 Å². The zero-order chi connectivity index (χ0) is 21.6. The Kier molecular flexibility index (Phi) is 4.46. The summed E-state index contributed by atoms with van der Waals surface area (Å²) < 4.78 is 20.2. The molecule has 0 saturated heterocycles. The highest BCUT2D eigenvalue weighted by Gasteiger charge is 2.50. The van der Waals surface area contributed by atoms with Crippen molar-refractivity contribution in [2.24, 2.45) is 5.92 Å². The molecule has 1 aliphatic carbocycles. The lowest BCUT2D eigenvalue weighted by Gasteiger charge is -2.35. The third-order valence-electron chi connectivity index (χ3n) is 6.00. The van der Waals surface area contributed by atoms with E-state index < -0.39 is 11.6 Å². The molecule has 0 radical (unpaired) electrons. The molecule has 3 aromatic rings. The van der Waals surface area contributed by atoms with E-state index >= 15 is 0 Å². The molecule has 0 bridgehead atoms. The van der Waals surface area contributed by atoms with Crippen molar-refractivity contribution in [2.45, 2.75) is 31.3 Å². The van der Waals surface area contributed by atoms with Crippen LogP contribution in [0.1, 0.15) is 41.7 Å². The van der Waals surface area contributed by atoms with Crippen LogP contribution in [-0.4, -0.2) is 26.6 Å². The normalized spacial score (nSPS) is 22.2. The van der Waals surface area contributed by atoms with Crippen LogP contribution in [0.2, 0.25) is 0 Å². The van der Waals surface area contributed by atoms with E-state index in [4.69, 9.17) is 4.74 Å². The second kappa shape index (κ2) is 7.19. The number of hydrogen-bond donors (Lipinski definition) is 2. The quantitative estimate of drug-likeness (QED) is 0.632. The Morgan fingerprint density at radius 2 is 1.90 bits per heavy atom. The van der Waals surface area contributed by atoms with Crippen molar-refractivity contribution in [2.75, 3.05) is 5.32 Å². The molecule has 5 rings (SSSR count). The maximum absolute atomic E-state index is 13.1. The fraction of sp³-hybridized carbons (Fsp3) is 0.273. The lowest BCUT2D eigenvalue weighted by Crippen LogP contribution is -2.36. The molecule has 2 aliphatic rings.